The minimum Gasteiger partial charge on any atom is -0.382 e. The Morgan fingerprint density at radius 3 is 2.56 bits per heavy atom. The van der Waals surface area contributed by atoms with Crippen molar-refractivity contribution in [3.63, 3.8) is 0 Å². The van der Waals surface area contributed by atoms with Gasteiger partial charge in [-0.05, 0) is 38.8 Å². The molecule has 0 unspecified atom stereocenters. The highest BCUT2D eigenvalue weighted by Crippen LogP contribution is 2.35. The highest BCUT2D eigenvalue weighted by molar-refractivity contribution is 5.53. The summed E-state index contributed by atoms with van der Waals surface area (Å²) in [6, 6.07) is 3.82. The predicted octanol–water partition coefficient (Wildman–Crippen LogP) is 2.50. The van der Waals surface area contributed by atoms with Crippen molar-refractivity contribution >= 4 is 5.69 Å². The molecular weight excluding hydrogens is 328 g/mol. The van der Waals surface area contributed by atoms with E-state index in [1.54, 1.807) is 16.9 Å². The molecular formula is C17H19F2N5O. The molecule has 1 aliphatic rings. The molecule has 1 atom stereocenters. The first-order valence-corrected chi connectivity index (χ1v) is 8.13. The fraction of sp³-hybridized carbons (Fsp3) is 0.471. The first-order chi connectivity index (χ1) is 11.8. The largest absolute Gasteiger partial charge is 0.382 e. The van der Waals surface area contributed by atoms with Gasteiger partial charge in [-0.3, -0.25) is 0 Å². The van der Waals surface area contributed by atoms with Crippen molar-refractivity contribution in [2.75, 3.05) is 18.0 Å². The van der Waals surface area contributed by atoms with Gasteiger partial charge in [0.25, 0.3) is 0 Å². The summed E-state index contributed by atoms with van der Waals surface area (Å²) < 4.78 is 30.2. The van der Waals surface area contributed by atoms with Crippen LogP contribution in [0.1, 0.15) is 44.0 Å². The molecule has 0 spiro atoms. The second-order valence-electron chi connectivity index (χ2n) is 6.63. The number of hydrogen-bond donors (Lipinski definition) is 1. The maximum atomic E-state index is 14.3. The van der Waals surface area contributed by atoms with Crippen LogP contribution >= 0.6 is 0 Å². The quantitative estimate of drug-likeness (QED) is 0.923. The van der Waals surface area contributed by atoms with E-state index in [9.17, 15) is 13.9 Å². The van der Waals surface area contributed by atoms with Gasteiger partial charge in [0.1, 0.15) is 17.0 Å². The SMILES string of the molecule is CC(C)n1cc([C@@]2(O)CCCN(c3c(F)cc(C#N)cc3F)C2)nn1. The number of anilines is 1. The summed E-state index contributed by atoms with van der Waals surface area (Å²) in [6.07, 6.45) is 2.64. The van der Waals surface area contributed by atoms with Gasteiger partial charge in [-0.1, -0.05) is 5.21 Å². The standard InChI is InChI=1S/C17H19F2N5O/c1-11(2)24-9-15(21-22-24)17(25)4-3-5-23(10-17)16-13(18)6-12(8-20)7-14(16)19/h6-7,9,11,25H,3-5,10H2,1-2H3/t17-/m1/s1. The van der Waals surface area contributed by atoms with E-state index in [-0.39, 0.29) is 23.8 Å². The number of benzene rings is 1. The molecule has 1 fully saturated rings. The van der Waals surface area contributed by atoms with Crippen LogP contribution in [0.2, 0.25) is 0 Å². The molecule has 0 saturated carbocycles. The van der Waals surface area contributed by atoms with Crippen LogP contribution in [0.5, 0.6) is 0 Å². The Hall–Kier alpha value is -2.53. The average molecular weight is 347 g/mol. The van der Waals surface area contributed by atoms with Crippen LogP contribution in [-0.4, -0.2) is 33.2 Å². The Balaban J connectivity index is 1.92. The third-order valence-electron chi connectivity index (χ3n) is 4.45. The van der Waals surface area contributed by atoms with Gasteiger partial charge in [0.2, 0.25) is 0 Å². The molecule has 132 valence electrons. The maximum Gasteiger partial charge on any atom is 0.150 e. The monoisotopic (exact) mass is 347 g/mol. The highest BCUT2D eigenvalue weighted by Gasteiger charge is 2.39. The van der Waals surface area contributed by atoms with Gasteiger partial charge in [-0.15, -0.1) is 5.10 Å². The molecule has 1 aromatic carbocycles. The molecule has 3 rings (SSSR count). The molecule has 1 saturated heterocycles. The predicted molar refractivity (Wildman–Crippen MR) is 86.8 cm³/mol. The number of piperidine rings is 1. The zero-order valence-corrected chi connectivity index (χ0v) is 14.1. The Bertz CT molecular complexity index is 806. The normalized spacial score (nSPS) is 20.8. The maximum absolute atomic E-state index is 14.3. The first-order valence-electron chi connectivity index (χ1n) is 8.13. The second kappa shape index (κ2) is 6.41. The molecule has 2 heterocycles. The lowest BCUT2D eigenvalue weighted by atomic mass is 9.89. The molecule has 0 radical (unpaired) electrons. The molecule has 25 heavy (non-hydrogen) atoms. The minimum atomic E-state index is -1.34. The lowest BCUT2D eigenvalue weighted by Gasteiger charge is -2.39. The lowest BCUT2D eigenvalue weighted by Crippen LogP contribution is -2.47. The number of rotatable bonds is 3. The second-order valence-corrected chi connectivity index (χ2v) is 6.63. The van der Waals surface area contributed by atoms with Crippen LogP contribution in [0.15, 0.2) is 18.3 Å². The zero-order valence-electron chi connectivity index (χ0n) is 14.1. The fourth-order valence-corrected chi connectivity index (χ4v) is 3.11. The molecule has 0 amide bonds. The van der Waals surface area contributed by atoms with Crippen molar-refractivity contribution < 1.29 is 13.9 Å². The molecule has 2 aromatic rings. The Morgan fingerprint density at radius 1 is 1.32 bits per heavy atom. The molecule has 0 bridgehead atoms. The van der Waals surface area contributed by atoms with E-state index >= 15 is 0 Å². The van der Waals surface area contributed by atoms with Crippen molar-refractivity contribution in [2.45, 2.75) is 38.3 Å². The van der Waals surface area contributed by atoms with Crippen LogP contribution < -0.4 is 4.90 Å². The van der Waals surface area contributed by atoms with Gasteiger partial charge in [0.05, 0.1) is 24.4 Å². The number of halogens is 2. The van der Waals surface area contributed by atoms with E-state index in [0.29, 0.717) is 25.1 Å². The van der Waals surface area contributed by atoms with E-state index in [4.69, 9.17) is 5.26 Å². The molecule has 1 N–H and O–H groups in total. The van der Waals surface area contributed by atoms with Gasteiger partial charge in [-0.2, -0.15) is 5.26 Å². The number of β-amino-alcohol motifs (C(OH)–C–C–N with tert-alkyl or cyclic N) is 1. The van der Waals surface area contributed by atoms with Crippen molar-refractivity contribution in [3.05, 3.63) is 41.2 Å². The number of nitrogens with zero attached hydrogens (tertiary/aromatic N) is 5. The third-order valence-corrected chi connectivity index (χ3v) is 4.45. The topological polar surface area (TPSA) is 78.0 Å². The lowest BCUT2D eigenvalue weighted by molar-refractivity contribution is 0.0173. The van der Waals surface area contributed by atoms with Crippen molar-refractivity contribution in [1.29, 1.82) is 5.26 Å². The smallest absolute Gasteiger partial charge is 0.150 e. The fourth-order valence-electron chi connectivity index (χ4n) is 3.11. The molecule has 0 aliphatic carbocycles. The highest BCUT2D eigenvalue weighted by atomic mass is 19.1. The van der Waals surface area contributed by atoms with Crippen molar-refractivity contribution in [1.82, 2.24) is 15.0 Å². The Morgan fingerprint density at radius 2 is 2.00 bits per heavy atom. The minimum absolute atomic E-state index is 0.00350. The van der Waals surface area contributed by atoms with E-state index in [0.717, 1.165) is 12.1 Å². The number of aromatic nitrogens is 3. The molecule has 6 nitrogen and oxygen atoms in total. The van der Waals surface area contributed by atoms with Gasteiger partial charge >= 0.3 is 0 Å². The zero-order chi connectivity index (χ0) is 18.2. The molecule has 1 aromatic heterocycles. The first kappa shape index (κ1) is 17.3. The van der Waals surface area contributed by atoms with Crippen LogP contribution in [0.4, 0.5) is 14.5 Å². The summed E-state index contributed by atoms with van der Waals surface area (Å²) in [7, 11) is 0. The summed E-state index contributed by atoms with van der Waals surface area (Å²) in [5.41, 5.74) is -1.25. The summed E-state index contributed by atoms with van der Waals surface area (Å²) in [5.74, 6) is -1.63. The van der Waals surface area contributed by atoms with Gasteiger partial charge in [0.15, 0.2) is 11.6 Å². The van der Waals surface area contributed by atoms with Crippen molar-refractivity contribution in [3.8, 4) is 6.07 Å². The summed E-state index contributed by atoms with van der Waals surface area (Å²) in [4.78, 5) is 1.46. The van der Waals surface area contributed by atoms with Gasteiger partial charge < -0.3 is 10.0 Å². The summed E-state index contributed by atoms with van der Waals surface area (Å²) >= 11 is 0. The Kier molecular flexibility index (Phi) is 4.43. The number of hydrogen-bond acceptors (Lipinski definition) is 5. The molecule has 8 heteroatoms. The average Bonchev–Trinajstić information content (AvgIpc) is 3.05. The van der Waals surface area contributed by atoms with Crippen LogP contribution in [0.25, 0.3) is 0 Å². The third kappa shape index (κ3) is 3.20. The van der Waals surface area contributed by atoms with Gasteiger partial charge in [-0.25, -0.2) is 13.5 Å². The van der Waals surface area contributed by atoms with E-state index < -0.39 is 17.2 Å². The van der Waals surface area contributed by atoms with E-state index in [1.165, 1.54) is 4.90 Å². The molecule has 1 aliphatic heterocycles. The van der Waals surface area contributed by atoms with Crippen LogP contribution in [0, 0.1) is 23.0 Å². The summed E-state index contributed by atoms with van der Waals surface area (Å²) in [6.45, 7) is 4.29. The van der Waals surface area contributed by atoms with Crippen LogP contribution in [-0.2, 0) is 5.60 Å². The Labute approximate surface area is 144 Å². The van der Waals surface area contributed by atoms with E-state index in [2.05, 4.69) is 10.3 Å². The van der Waals surface area contributed by atoms with Crippen LogP contribution in [0.3, 0.4) is 0 Å². The van der Waals surface area contributed by atoms with Crippen molar-refractivity contribution in [2.24, 2.45) is 0 Å². The van der Waals surface area contributed by atoms with Gasteiger partial charge in [0, 0.05) is 12.6 Å². The number of aliphatic hydroxyl groups is 1. The number of nitriles is 1. The van der Waals surface area contributed by atoms with E-state index in [1.807, 2.05) is 13.8 Å². The summed E-state index contributed by atoms with van der Waals surface area (Å²) in [5, 5.41) is 27.8.